The fourth-order valence-electron chi connectivity index (χ4n) is 4.61. The Balaban J connectivity index is -0.000000420. The molecule has 0 N–H and O–H groups in total. The van der Waals surface area contributed by atoms with Gasteiger partial charge in [-0.15, -0.1) is 35.9 Å². The van der Waals surface area contributed by atoms with Crippen LogP contribution in [0.5, 0.6) is 0 Å². The normalized spacial score (nSPS) is 10.5. The number of aliphatic imine (C=N–C) groups is 2. The molecule has 271 valence electrons. The zero-order valence-electron chi connectivity index (χ0n) is 33.8. The second-order valence-corrected chi connectivity index (χ2v) is 11.9. The second kappa shape index (κ2) is 30.4. The number of allylic oxidation sites excluding steroid dienone is 2. The Bertz CT molecular complexity index is 1080. The molecule has 0 atom stereocenters. The molecule has 0 saturated carbocycles. The molecular formula is C42H70HfN4Zr-5. The van der Waals surface area contributed by atoms with E-state index in [9.17, 15) is 0 Å². The Morgan fingerprint density at radius 1 is 0.542 bits per heavy atom. The number of hydrogen-bond acceptors (Lipinski definition) is 2. The Morgan fingerprint density at radius 3 is 0.979 bits per heavy atom. The number of rotatable bonds is 15. The Hall–Kier alpha value is -1.39. The topological polar surface area (TPSA) is 52.9 Å². The fraction of sp³-hybridized carbons (Fsp3) is 0.429. The summed E-state index contributed by atoms with van der Waals surface area (Å²) in [6, 6.07) is 13.0. The van der Waals surface area contributed by atoms with Gasteiger partial charge in [-0.2, -0.15) is 0 Å². The third-order valence-electron chi connectivity index (χ3n) is 7.28. The molecular weight excluding hydrogens is 830 g/mol. The summed E-state index contributed by atoms with van der Waals surface area (Å²) in [6.07, 6.45) is 1.91. The molecule has 0 bridgehead atoms. The van der Waals surface area contributed by atoms with Crippen molar-refractivity contribution in [2.75, 3.05) is 13.1 Å². The van der Waals surface area contributed by atoms with E-state index in [0.29, 0.717) is 23.7 Å². The summed E-state index contributed by atoms with van der Waals surface area (Å²) in [5.74, 6) is 1.60. The molecule has 0 unspecified atom stereocenters. The number of para-hydroxylation sites is 2. The van der Waals surface area contributed by atoms with Crippen molar-refractivity contribution in [1.29, 1.82) is 0 Å². The van der Waals surface area contributed by atoms with E-state index < -0.39 is 0 Å². The molecule has 0 aromatic heterocycles. The standard InChI is InChI=1S/C36H52N4.6CH3.Hf.Zr/c1-23(2)31-17-15-18-32(24(3)4)35(31)39-29(11)27(9)37-21-13-14-22-38-28(10)30(12)40-36-33(25(5)6)19-16-20-34(36)26(7)8;;;;;;;;/h15-20,23-26H,11-14,21-22H2,1-10H3;6*1H3;;/q-2;6*-1;;+3. The maximum absolute atomic E-state index is 4.96. The van der Waals surface area contributed by atoms with E-state index in [2.05, 4.69) is 105 Å². The summed E-state index contributed by atoms with van der Waals surface area (Å²) < 4.78 is 0. The first-order valence-corrected chi connectivity index (χ1v) is 14.9. The molecule has 0 aliphatic carbocycles. The van der Waals surface area contributed by atoms with Gasteiger partial charge in [0.15, 0.2) is 0 Å². The molecule has 2 rings (SSSR count). The van der Waals surface area contributed by atoms with Gasteiger partial charge in [0, 0.05) is 50.4 Å². The van der Waals surface area contributed by atoms with Crippen molar-refractivity contribution < 1.29 is 52.0 Å². The van der Waals surface area contributed by atoms with Crippen LogP contribution >= 0.6 is 0 Å². The number of unbranched alkanes of at least 4 members (excludes halogenated alkanes) is 1. The van der Waals surface area contributed by atoms with Crippen LogP contribution in [0.4, 0.5) is 11.4 Å². The van der Waals surface area contributed by atoms with Gasteiger partial charge in [-0.25, -0.2) is 0 Å². The summed E-state index contributed by atoms with van der Waals surface area (Å²) >= 11 is 0. The van der Waals surface area contributed by atoms with Gasteiger partial charge in [0.25, 0.3) is 0 Å². The van der Waals surface area contributed by atoms with E-state index >= 15 is 0 Å². The molecule has 48 heavy (non-hydrogen) atoms. The van der Waals surface area contributed by atoms with Crippen LogP contribution in [0.25, 0.3) is 10.6 Å². The summed E-state index contributed by atoms with van der Waals surface area (Å²) in [5, 5.41) is 9.92. The van der Waals surface area contributed by atoms with Gasteiger partial charge in [0.1, 0.15) is 0 Å². The average Bonchev–Trinajstić information content (AvgIpc) is 2.89. The van der Waals surface area contributed by atoms with Crippen molar-refractivity contribution >= 4 is 22.8 Å². The van der Waals surface area contributed by atoms with Gasteiger partial charge < -0.3 is 55.2 Å². The van der Waals surface area contributed by atoms with Crippen molar-refractivity contribution in [2.24, 2.45) is 9.98 Å². The van der Waals surface area contributed by atoms with Crippen LogP contribution in [0.15, 0.2) is 70.9 Å². The first-order chi connectivity index (χ1) is 18.8. The van der Waals surface area contributed by atoms with E-state index in [4.69, 9.17) is 20.6 Å². The van der Waals surface area contributed by atoms with Crippen molar-refractivity contribution in [3.63, 3.8) is 0 Å². The van der Waals surface area contributed by atoms with Gasteiger partial charge >= 0.3 is 26.2 Å². The van der Waals surface area contributed by atoms with Crippen LogP contribution < -0.4 is 0 Å². The van der Waals surface area contributed by atoms with Crippen molar-refractivity contribution in [1.82, 2.24) is 0 Å². The molecule has 2 aromatic carbocycles. The molecule has 1 radical (unpaired) electrons. The third kappa shape index (κ3) is 18.6. The minimum atomic E-state index is 0. The minimum absolute atomic E-state index is 0. The summed E-state index contributed by atoms with van der Waals surface area (Å²) in [7, 11) is 0. The molecule has 0 spiro atoms. The Morgan fingerprint density at radius 2 is 0.771 bits per heavy atom. The van der Waals surface area contributed by atoms with Crippen LogP contribution in [0.2, 0.25) is 0 Å². The SMILES string of the molecule is C=C([N-]c1c(C(C)C)cccc1C(C)C)C(C)=NCCCCN=C(C)C(=C)[N-]c1c(C(C)C)cccc1C(C)C.[CH3-].[CH3-].[CH3-].[CH3-].[CH3-].[CH3-].[Hf].[Zr+3]. The molecule has 0 fully saturated rings. The molecule has 2 aromatic rings. The van der Waals surface area contributed by atoms with Crippen LogP contribution in [0.3, 0.4) is 0 Å². The molecule has 0 heterocycles. The molecule has 0 saturated heterocycles. The Kier molecular flexibility index (Phi) is 39.2. The largest absolute Gasteiger partial charge is 3.00 e. The van der Waals surface area contributed by atoms with E-state index in [1.54, 1.807) is 0 Å². The first kappa shape index (κ1) is 61.8. The third-order valence-corrected chi connectivity index (χ3v) is 7.28. The van der Waals surface area contributed by atoms with Crippen molar-refractivity contribution in [3.8, 4) is 0 Å². The van der Waals surface area contributed by atoms with Crippen LogP contribution in [0, 0.1) is 44.6 Å². The van der Waals surface area contributed by atoms with E-state index in [1.165, 1.54) is 22.3 Å². The maximum atomic E-state index is 4.96. The predicted molar refractivity (Wildman–Crippen MR) is 217 cm³/mol. The van der Waals surface area contributed by atoms with Crippen molar-refractivity contribution in [2.45, 2.75) is 106 Å². The van der Waals surface area contributed by atoms with Gasteiger partial charge in [-0.1, -0.05) is 114 Å². The zero-order chi connectivity index (χ0) is 30.0. The first-order valence-electron chi connectivity index (χ1n) is 14.9. The molecule has 0 amide bonds. The summed E-state index contributed by atoms with van der Waals surface area (Å²) in [4.78, 5) is 9.54. The number of hydrogen-bond donors (Lipinski definition) is 0. The van der Waals surface area contributed by atoms with Crippen LogP contribution in [-0.2, 0) is 52.0 Å². The maximum Gasteiger partial charge on any atom is 3.00 e. The molecule has 0 aliphatic heterocycles. The van der Waals surface area contributed by atoms with Gasteiger partial charge in [-0.05, 0) is 50.4 Å². The monoisotopic (exact) mass is 900 g/mol. The Labute approximate surface area is 339 Å². The molecule has 4 nitrogen and oxygen atoms in total. The van der Waals surface area contributed by atoms with Crippen molar-refractivity contribution in [3.05, 3.63) is 138 Å². The fourth-order valence-corrected chi connectivity index (χ4v) is 4.61. The van der Waals surface area contributed by atoms with Gasteiger partial charge in [0.05, 0.1) is 0 Å². The quantitative estimate of drug-likeness (QED) is 0.0740. The van der Waals surface area contributed by atoms with E-state index in [1.807, 2.05) is 13.8 Å². The van der Waals surface area contributed by atoms with E-state index in [0.717, 1.165) is 60.1 Å². The van der Waals surface area contributed by atoms with Gasteiger partial charge in [-0.3, -0.25) is 9.98 Å². The summed E-state index contributed by atoms with van der Waals surface area (Å²) in [6.45, 7) is 31.7. The minimum Gasteiger partial charge on any atom is -0.656 e. The molecule has 6 heteroatoms. The average molecular weight is 901 g/mol. The predicted octanol–water partition coefficient (Wildman–Crippen LogP) is 14.3. The number of benzene rings is 2. The van der Waals surface area contributed by atoms with Crippen LogP contribution in [0.1, 0.15) is 128 Å². The summed E-state index contributed by atoms with van der Waals surface area (Å²) in [5.41, 5.74) is 10.4. The number of nitrogens with zero attached hydrogens (tertiary/aromatic N) is 4. The van der Waals surface area contributed by atoms with Gasteiger partial charge in [0.2, 0.25) is 0 Å². The zero-order valence-corrected chi connectivity index (χ0v) is 39.9. The van der Waals surface area contributed by atoms with E-state index in [-0.39, 0.29) is 96.6 Å². The smallest absolute Gasteiger partial charge is 0.656 e. The second-order valence-electron chi connectivity index (χ2n) is 11.9. The molecule has 0 aliphatic rings. The van der Waals surface area contributed by atoms with Crippen LogP contribution in [-0.4, -0.2) is 24.5 Å².